The molecule has 2 amide bonds. The lowest BCUT2D eigenvalue weighted by atomic mass is 10.2. The van der Waals surface area contributed by atoms with Gasteiger partial charge in [0, 0.05) is 11.5 Å². The minimum Gasteiger partial charge on any atom is -0.497 e. The molecule has 2 aliphatic heterocycles. The van der Waals surface area contributed by atoms with Crippen molar-refractivity contribution >= 4 is 58.0 Å². The number of amides is 2. The number of nitrogens with one attached hydrogen (secondary N) is 1. The van der Waals surface area contributed by atoms with Crippen LogP contribution in [0.25, 0.3) is 6.08 Å². The number of benzene rings is 1. The third-order valence-electron chi connectivity index (χ3n) is 3.99. The van der Waals surface area contributed by atoms with E-state index >= 15 is 0 Å². The summed E-state index contributed by atoms with van der Waals surface area (Å²) in [4.78, 5) is 26.5. The van der Waals surface area contributed by atoms with E-state index in [9.17, 15) is 14.7 Å². The summed E-state index contributed by atoms with van der Waals surface area (Å²) in [7, 11) is 1.59. The number of aliphatic hydroxyl groups excluding tert-OH is 1. The second kappa shape index (κ2) is 8.43. The molecule has 2 N–H and O–H groups in total. The zero-order valence-corrected chi connectivity index (χ0v) is 16.5. The zero-order chi connectivity index (χ0) is 18.7. The van der Waals surface area contributed by atoms with Crippen LogP contribution in [-0.2, 0) is 9.59 Å². The van der Waals surface area contributed by atoms with Gasteiger partial charge in [0.1, 0.15) is 16.6 Å². The molecule has 2 saturated heterocycles. The molecule has 0 bridgehead atoms. The van der Waals surface area contributed by atoms with E-state index in [4.69, 9.17) is 17.0 Å². The van der Waals surface area contributed by atoms with Crippen LogP contribution >= 0.6 is 35.7 Å². The quantitative estimate of drug-likeness (QED) is 0.562. The molecular formula is C17H18N2O4S3. The Balaban J connectivity index is 1.64. The fourth-order valence-corrected chi connectivity index (χ4v) is 4.99. The highest BCUT2D eigenvalue weighted by Crippen LogP contribution is 2.32. The minimum atomic E-state index is -0.551. The second-order valence-electron chi connectivity index (χ2n) is 5.82. The van der Waals surface area contributed by atoms with Gasteiger partial charge in [0.15, 0.2) is 0 Å². The Bertz CT molecular complexity index is 751. The van der Waals surface area contributed by atoms with E-state index in [1.807, 2.05) is 24.3 Å². The van der Waals surface area contributed by atoms with Crippen LogP contribution < -0.4 is 10.1 Å². The summed E-state index contributed by atoms with van der Waals surface area (Å²) in [6.45, 7) is -0.140. The van der Waals surface area contributed by atoms with Gasteiger partial charge in [-0.05, 0) is 23.8 Å². The van der Waals surface area contributed by atoms with E-state index in [1.165, 1.54) is 16.7 Å². The van der Waals surface area contributed by atoms with E-state index in [2.05, 4.69) is 5.32 Å². The number of carbonyl (C=O) groups excluding carboxylic acids is 2. The number of hydrogen-bond acceptors (Lipinski definition) is 7. The van der Waals surface area contributed by atoms with Gasteiger partial charge >= 0.3 is 0 Å². The van der Waals surface area contributed by atoms with E-state index < -0.39 is 6.10 Å². The van der Waals surface area contributed by atoms with E-state index in [0.717, 1.165) is 11.3 Å². The summed E-state index contributed by atoms with van der Waals surface area (Å²) < 4.78 is 5.47. The molecule has 0 saturated carbocycles. The average Bonchev–Trinajstić information content (AvgIpc) is 3.14. The van der Waals surface area contributed by atoms with Crippen molar-refractivity contribution in [3.8, 4) is 5.75 Å². The molecule has 6 nitrogen and oxygen atoms in total. The number of thioether (sulfide) groups is 2. The first-order valence-electron chi connectivity index (χ1n) is 7.92. The number of ether oxygens (including phenoxy) is 1. The fraction of sp³-hybridized carbons (Fsp3) is 0.353. The van der Waals surface area contributed by atoms with E-state index in [0.29, 0.717) is 20.7 Å². The van der Waals surface area contributed by atoms with Crippen LogP contribution in [0.15, 0.2) is 29.2 Å². The van der Waals surface area contributed by atoms with Gasteiger partial charge in [-0.3, -0.25) is 14.5 Å². The van der Waals surface area contributed by atoms with Crippen molar-refractivity contribution in [1.82, 2.24) is 10.2 Å². The molecule has 2 heterocycles. The Morgan fingerprint density at radius 1 is 1.42 bits per heavy atom. The summed E-state index contributed by atoms with van der Waals surface area (Å²) in [6, 6.07) is 7.03. The maximum atomic E-state index is 12.6. The first-order chi connectivity index (χ1) is 12.5. The van der Waals surface area contributed by atoms with Gasteiger partial charge in [-0.15, -0.1) is 0 Å². The van der Waals surface area contributed by atoms with Crippen molar-refractivity contribution in [1.29, 1.82) is 0 Å². The number of methoxy groups -OCH3 is 1. The third kappa shape index (κ3) is 4.40. The van der Waals surface area contributed by atoms with Gasteiger partial charge in [0.25, 0.3) is 5.91 Å². The van der Waals surface area contributed by atoms with Crippen LogP contribution in [0.3, 0.4) is 0 Å². The monoisotopic (exact) mass is 410 g/mol. The Morgan fingerprint density at radius 3 is 2.77 bits per heavy atom. The molecule has 0 unspecified atom stereocenters. The van der Waals surface area contributed by atoms with Crippen molar-refractivity contribution in [2.45, 2.75) is 12.1 Å². The Morgan fingerprint density at radius 2 is 2.15 bits per heavy atom. The summed E-state index contributed by atoms with van der Waals surface area (Å²) in [5, 5.41) is 12.6. The van der Waals surface area contributed by atoms with Gasteiger partial charge in [0.05, 0.1) is 24.2 Å². The second-order valence-corrected chi connectivity index (χ2v) is 8.57. The first-order valence-corrected chi connectivity index (χ1v) is 10.3. The SMILES string of the molecule is COc1ccc(/C=C2\SC(=S)N(CC(=O)N[C@@H]3CSC[C@@H]3O)C2=O)cc1. The largest absolute Gasteiger partial charge is 0.497 e. The normalized spacial score (nSPS) is 24.4. The highest BCUT2D eigenvalue weighted by atomic mass is 32.2. The molecule has 3 rings (SSSR count). The summed E-state index contributed by atoms with van der Waals surface area (Å²) in [6.07, 6.45) is 1.19. The molecule has 0 aliphatic carbocycles. The Labute approximate surface area is 165 Å². The number of aliphatic hydroxyl groups is 1. The van der Waals surface area contributed by atoms with Crippen LogP contribution in [0.5, 0.6) is 5.75 Å². The smallest absolute Gasteiger partial charge is 0.266 e. The number of nitrogens with zero attached hydrogens (tertiary/aromatic N) is 1. The maximum Gasteiger partial charge on any atom is 0.266 e. The van der Waals surface area contributed by atoms with Gasteiger partial charge in [0.2, 0.25) is 5.91 Å². The molecule has 0 aromatic heterocycles. The van der Waals surface area contributed by atoms with Crippen LogP contribution in [0.1, 0.15) is 5.56 Å². The molecule has 2 fully saturated rings. The van der Waals surface area contributed by atoms with Crippen molar-refractivity contribution in [3.63, 3.8) is 0 Å². The molecule has 2 aliphatic rings. The summed E-state index contributed by atoms with van der Waals surface area (Å²) in [5.41, 5.74) is 0.849. The van der Waals surface area contributed by atoms with Gasteiger partial charge < -0.3 is 15.2 Å². The standard InChI is InChI=1S/C17H18N2O4S3/c1-23-11-4-2-10(3-5-11)6-14-16(22)19(17(24)26-14)7-15(21)18-12-8-25-9-13(12)20/h2-6,12-13,20H,7-9H2,1H3,(H,18,21)/b14-6-/t12-,13+/m1/s1. The number of hydrogen-bond donors (Lipinski definition) is 2. The fourth-order valence-electron chi connectivity index (χ4n) is 2.56. The lowest BCUT2D eigenvalue weighted by Gasteiger charge is -2.18. The Hall–Kier alpha value is -1.55. The molecule has 1 aromatic rings. The van der Waals surface area contributed by atoms with Crippen LogP contribution in [0.4, 0.5) is 0 Å². The van der Waals surface area contributed by atoms with Crippen LogP contribution in [0, 0.1) is 0 Å². The molecule has 2 atom stereocenters. The molecule has 138 valence electrons. The molecule has 9 heteroatoms. The predicted molar refractivity (Wildman–Crippen MR) is 108 cm³/mol. The molecule has 1 aromatic carbocycles. The maximum absolute atomic E-state index is 12.6. The summed E-state index contributed by atoms with van der Waals surface area (Å²) >= 11 is 8.01. The van der Waals surface area contributed by atoms with E-state index in [1.54, 1.807) is 24.9 Å². The van der Waals surface area contributed by atoms with Gasteiger partial charge in [-0.2, -0.15) is 11.8 Å². The molecule has 0 radical (unpaired) electrons. The number of carbonyl (C=O) groups is 2. The summed E-state index contributed by atoms with van der Waals surface area (Å²) in [5.74, 6) is 1.41. The van der Waals surface area contributed by atoms with Crippen molar-refractivity contribution < 1.29 is 19.4 Å². The topological polar surface area (TPSA) is 78.9 Å². The van der Waals surface area contributed by atoms with Gasteiger partial charge in [-0.1, -0.05) is 36.1 Å². The van der Waals surface area contributed by atoms with Crippen molar-refractivity contribution in [2.24, 2.45) is 0 Å². The van der Waals surface area contributed by atoms with Crippen LogP contribution in [-0.4, -0.2) is 63.4 Å². The zero-order valence-electron chi connectivity index (χ0n) is 14.0. The van der Waals surface area contributed by atoms with Crippen LogP contribution in [0.2, 0.25) is 0 Å². The number of thiocarbonyl (C=S) groups is 1. The van der Waals surface area contributed by atoms with Crippen molar-refractivity contribution in [3.05, 3.63) is 34.7 Å². The molecule has 0 spiro atoms. The third-order valence-corrected chi connectivity index (χ3v) is 6.54. The minimum absolute atomic E-state index is 0.140. The predicted octanol–water partition coefficient (Wildman–Crippen LogP) is 1.49. The van der Waals surface area contributed by atoms with Gasteiger partial charge in [-0.25, -0.2) is 0 Å². The van der Waals surface area contributed by atoms with Crippen molar-refractivity contribution in [2.75, 3.05) is 25.2 Å². The lowest BCUT2D eigenvalue weighted by Crippen LogP contribution is -2.47. The number of rotatable bonds is 5. The first kappa shape index (κ1) is 19.2. The highest BCUT2D eigenvalue weighted by molar-refractivity contribution is 8.26. The Kier molecular flexibility index (Phi) is 6.23. The highest BCUT2D eigenvalue weighted by Gasteiger charge is 2.34. The molecule has 26 heavy (non-hydrogen) atoms. The molecular weight excluding hydrogens is 392 g/mol. The average molecular weight is 411 g/mol. The van der Waals surface area contributed by atoms with E-state index in [-0.39, 0.29) is 24.4 Å². The lowest BCUT2D eigenvalue weighted by molar-refractivity contribution is -0.129.